The van der Waals surface area contributed by atoms with Crippen molar-refractivity contribution in [1.82, 2.24) is 20.1 Å². The molecule has 0 saturated carbocycles. The van der Waals surface area contributed by atoms with Gasteiger partial charge in [0.05, 0.1) is 5.56 Å². The van der Waals surface area contributed by atoms with Gasteiger partial charge < -0.3 is 20.1 Å². The molecule has 3 rings (SSSR count). The van der Waals surface area contributed by atoms with Crippen LogP contribution in [0.3, 0.4) is 0 Å². The predicted octanol–water partition coefficient (Wildman–Crippen LogP) is 1.91. The van der Waals surface area contributed by atoms with Gasteiger partial charge in [-0.1, -0.05) is 12.1 Å². The molecule has 1 fully saturated rings. The summed E-state index contributed by atoms with van der Waals surface area (Å²) in [4.78, 5) is 39.4. The van der Waals surface area contributed by atoms with Crippen LogP contribution in [0, 0.1) is 5.82 Å². The number of benzene rings is 1. The zero-order valence-electron chi connectivity index (χ0n) is 17.9. The molecule has 2 amide bonds. The van der Waals surface area contributed by atoms with Crippen LogP contribution < -0.4 is 16.2 Å². The number of carbonyl (C=O) groups excluding carboxylic acids is 2. The van der Waals surface area contributed by atoms with E-state index in [9.17, 15) is 18.8 Å². The fraction of sp³-hybridized carbons (Fsp3) is 0.435. The van der Waals surface area contributed by atoms with Crippen molar-refractivity contribution in [1.29, 1.82) is 0 Å². The number of pyridine rings is 1. The molecular weight excluding hydrogens is 399 g/mol. The molecule has 1 aromatic heterocycles. The summed E-state index contributed by atoms with van der Waals surface area (Å²) in [5.41, 5.74) is 0.686. The van der Waals surface area contributed by atoms with Gasteiger partial charge in [0, 0.05) is 44.0 Å². The summed E-state index contributed by atoms with van der Waals surface area (Å²) >= 11 is 0. The second-order valence-corrected chi connectivity index (χ2v) is 8.16. The Kier molecular flexibility index (Phi) is 7.57. The number of nitrogens with zero attached hydrogens (tertiary/aromatic N) is 2. The summed E-state index contributed by atoms with van der Waals surface area (Å²) in [7, 11) is 0. The van der Waals surface area contributed by atoms with E-state index in [1.807, 2.05) is 0 Å². The van der Waals surface area contributed by atoms with Crippen LogP contribution in [-0.2, 0) is 17.9 Å². The van der Waals surface area contributed by atoms with Gasteiger partial charge in [-0.2, -0.15) is 0 Å². The minimum absolute atomic E-state index is 0.0976. The molecule has 0 aliphatic carbocycles. The van der Waals surface area contributed by atoms with E-state index < -0.39 is 0 Å². The van der Waals surface area contributed by atoms with E-state index in [1.54, 1.807) is 12.1 Å². The molecule has 2 N–H and O–H groups in total. The summed E-state index contributed by atoms with van der Waals surface area (Å²) in [6.07, 6.45) is 3.15. The Morgan fingerprint density at radius 2 is 1.77 bits per heavy atom. The lowest BCUT2D eigenvalue weighted by Crippen LogP contribution is -2.47. The Labute approximate surface area is 181 Å². The monoisotopic (exact) mass is 428 g/mol. The fourth-order valence-corrected chi connectivity index (χ4v) is 3.66. The summed E-state index contributed by atoms with van der Waals surface area (Å²) in [5.74, 6) is -0.959. The Morgan fingerprint density at radius 3 is 2.42 bits per heavy atom. The first-order valence-electron chi connectivity index (χ1n) is 10.6. The van der Waals surface area contributed by atoms with E-state index in [0.717, 1.165) is 31.5 Å². The number of hydrogen-bond acceptors (Lipinski definition) is 4. The number of amides is 2. The summed E-state index contributed by atoms with van der Waals surface area (Å²) < 4.78 is 14.2. The Bertz CT molecular complexity index is 964. The first-order chi connectivity index (χ1) is 14.8. The molecule has 8 heteroatoms. The molecule has 1 aliphatic heterocycles. The highest BCUT2D eigenvalue weighted by atomic mass is 19.1. The molecule has 0 bridgehead atoms. The largest absolute Gasteiger partial charge is 0.352 e. The number of carbonyl (C=O) groups is 2. The number of nitrogens with one attached hydrogen (secondary N) is 2. The lowest BCUT2D eigenvalue weighted by molar-refractivity contribution is -0.122. The van der Waals surface area contributed by atoms with Crippen molar-refractivity contribution < 1.29 is 14.0 Å². The Morgan fingerprint density at radius 1 is 1.10 bits per heavy atom. The minimum atomic E-state index is -0.375. The third kappa shape index (κ3) is 6.49. The van der Waals surface area contributed by atoms with Crippen LogP contribution in [0.4, 0.5) is 4.39 Å². The first-order valence-corrected chi connectivity index (χ1v) is 10.6. The van der Waals surface area contributed by atoms with Crippen LogP contribution in [-0.4, -0.2) is 46.5 Å². The van der Waals surface area contributed by atoms with Crippen LogP contribution in [0.25, 0.3) is 0 Å². The first kappa shape index (κ1) is 22.7. The lowest BCUT2D eigenvalue weighted by atomic mass is 10.0. The van der Waals surface area contributed by atoms with Gasteiger partial charge in [0.15, 0.2) is 0 Å². The van der Waals surface area contributed by atoms with Gasteiger partial charge in [0.25, 0.3) is 11.5 Å². The number of halogens is 1. The molecular formula is C23H29FN4O3. The molecule has 2 aromatic rings. The molecule has 31 heavy (non-hydrogen) atoms. The number of aromatic nitrogens is 1. The average molecular weight is 429 g/mol. The maximum absolute atomic E-state index is 13.0. The van der Waals surface area contributed by atoms with E-state index in [0.29, 0.717) is 6.04 Å². The zero-order chi connectivity index (χ0) is 22.4. The molecule has 2 heterocycles. The highest BCUT2D eigenvalue weighted by molar-refractivity contribution is 5.93. The van der Waals surface area contributed by atoms with Crippen molar-refractivity contribution in [2.24, 2.45) is 0 Å². The van der Waals surface area contributed by atoms with Gasteiger partial charge in [-0.05, 0) is 50.5 Å². The smallest absolute Gasteiger partial charge is 0.253 e. The van der Waals surface area contributed by atoms with E-state index in [1.165, 1.54) is 35.0 Å². The van der Waals surface area contributed by atoms with Crippen molar-refractivity contribution in [2.45, 2.75) is 51.9 Å². The van der Waals surface area contributed by atoms with Gasteiger partial charge in [0.1, 0.15) is 12.4 Å². The molecule has 0 unspecified atom stereocenters. The van der Waals surface area contributed by atoms with Crippen LogP contribution in [0.1, 0.15) is 42.6 Å². The molecule has 7 nitrogen and oxygen atoms in total. The van der Waals surface area contributed by atoms with Gasteiger partial charge in [-0.25, -0.2) is 4.39 Å². The van der Waals surface area contributed by atoms with E-state index in [-0.39, 0.29) is 47.9 Å². The van der Waals surface area contributed by atoms with Crippen LogP contribution in [0.15, 0.2) is 47.4 Å². The Hall–Kier alpha value is -3.00. The van der Waals surface area contributed by atoms with Gasteiger partial charge >= 0.3 is 0 Å². The van der Waals surface area contributed by atoms with Gasteiger partial charge in [0.2, 0.25) is 5.91 Å². The van der Waals surface area contributed by atoms with Crippen LogP contribution >= 0.6 is 0 Å². The highest BCUT2D eigenvalue weighted by Crippen LogP contribution is 2.13. The summed E-state index contributed by atoms with van der Waals surface area (Å²) in [6, 6.07) is 9.13. The molecule has 1 aliphatic rings. The van der Waals surface area contributed by atoms with Crippen LogP contribution in [0.2, 0.25) is 0 Å². The fourth-order valence-electron chi connectivity index (χ4n) is 3.66. The lowest BCUT2D eigenvalue weighted by Gasteiger charge is -2.34. The van der Waals surface area contributed by atoms with Gasteiger partial charge in [-0.15, -0.1) is 0 Å². The number of rotatable bonds is 7. The quantitative estimate of drug-likeness (QED) is 0.706. The maximum Gasteiger partial charge on any atom is 0.253 e. The normalized spacial score (nSPS) is 15.1. The van der Waals surface area contributed by atoms with Crippen molar-refractivity contribution in [3.63, 3.8) is 0 Å². The topological polar surface area (TPSA) is 83.4 Å². The van der Waals surface area contributed by atoms with Crippen molar-refractivity contribution in [3.8, 4) is 0 Å². The van der Waals surface area contributed by atoms with E-state index in [4.69, 9.17) is 0 Å². The molecule has 1 saturated heterocycles. The van der Waals surface area contributed by atoms with E-state index >= 15 is 0 Å². The predicted molar refractivity (Wildman–Crippen MR) is 116 cm³/mol. The molecule has 1 aromatic carbocycles. The molecule has 166 valence electrons. The maximum atomic E-state index is 13.0. The van der Waals surface area contributed by atoms with Crippen LogP contribution in [0.5, 0.6) is 0 Å². The molecule has 0 atom stereocenters. The minimum Gasteiger partial charge on any atom is -0.352 e. The number of piperidine rings is 1. The summed E-state index contributed by atoms with van der Waals surface area (Å²) in [5, 5.41) is 5.73. The van der Waals surface area contributed by atoms with E-state index in [2.05, 4.69) is 29.4 Å². The average Bonchev–Trinajstić information content (AvgIpc) is 2.75. The van der Waals surface area contributed by atoms with Crippen molar-refractivity contribution in [3.05, 3.63) is 69.9 Å². The Balaban J connectivity index is 1.55. The second-order valence-electron chi connectivity index (χ2n) is 8.16. The zero-order valence-corrected chi connectivity index (χ0v) is 17.9. The third-order valence-corrected chi connectivity index (χ3v) is 5.55. The number of hydrogen-bond donors (Lipinski definition) is 2. The third-order valence-electron chi connectivity index (χ3n) is 5.55. The van der Waals surface area contributed by atoms with Crippen molar-refractivity contribution >= 4 is 11.8 Å². The second kappa shape index (κ2) is 10.3. The molecule has 0 spiro atoms. The van der Waals surface area contributed by atoms with Crippen molar-refractivity contribution in [2.75, 3.05) is 13.1 Å². The summed E-state index contributed by atoms with van der Waals surface area (Å²) in [6.45, 7) is 6.29. The molecule has 0 radical (unpaired) electrons. The SMILES string of the molecule is CC(C)N1CCC(NC(=O)Cn2cc(C(=O)NCc3ccc(F)cc3)ccc2=O)CC1. The standard InChI is InChI=1S/C23H29FN4O3/c1-16(2)27-11-9-20(10-12-27)26-21(29)15-28-14-18(5-8-22(28)30)23(31)25-13-17-3-6-19(24)7-4-17/h3-8,14,16,20H,9-13,15H2,1-2H3,(H,25,31)(H,26,29). The highest BCUT2D eigenvalue weighted by Gasteiger charge is 2.22. The van der Waals surface area contributed by atoms with Gasteiger partial charge in [-0.3, -0.25) is 14.4 Å². The number of likely N-dealkylation sites (tertiary alicyclic amines) is 1.